The second-order valence-electron chi connectivity index (χ2n) is 6.36. The summed E-state index contributed by atoms with van der Waals surface area (Å²) in [6, 6.07) is 12.5. The average Bonchev–Trinajstić information content (AvgIpc) is 2.79. The summed E-state index contributed by atoms with van der Waals surface area (Å²) in [5, 5.41) is 2.77. The summed E-state index contributed by atoms with van der Waals surface area (Å²) in [5.74, 6) is 1.45. The molecule has 1 atom stereocenters. The summed E-state index contributed by atoms with van der Waals surface area (Å²) < 4.78 is 26.8. The Bertz CT molecular complexity index is 925. The van der Waals surface area contributed by atoms with E-state index in [2.05, 4.69) is 10.1 Å². The number of amides is 1. The van der Waals surface area contributed by atoms with Crippen LogP contribution in [0, 0.1) is 0 Å². The first-order valence-corrected chi connectivity index (χ1v) is 9.31. The molecular formula is C22H23NO7. The molecule has 30 heavy (non-hydrogen) atoms. The second kappa shape index (κ2) is 10.2. The van der Waals surface area contributed by atoms with E-state index in [0.29, 0.717) is 36.1 Å². The molecule has 0 radical (unpaired) electrons. The summed E-state index contributed by atoms with van der Waals surface area (Å²) in [4.78, 5) is 23.3. The molecular weight excluding hydrogens is 390 g/mol. The zero-order valence-electron chi connectivity index (χ0n) is 16.8. The normalized spacial score (nSPS) is 14.8. The molecule has 3 rings (SSSR count). The van der Waals surface area contributed by atoms with E-state index in [1.807, 2.05) is 24.3 Å². The van der Waals surface area contributed by atoms with Gasteiger partial charge in [-0.25, -0.2) is 4.79 Å². The minimum absolute atomic E-state index is 0.183. The molecule has 1 unspecified atom stereocenters. The number of carbonyl (C=O) groups is 2. The highest BCUT2D eigenvalue weighted by atomic mass is 16.6. The monoisotopic (exact) mass is 413 g/mol. The first kappa shape index (κ1) is 21.0. The summed E-state index contributed by atoms with van der Waals surface area (Å²) in [7, 11) is 2.80. The van der Waals surface area contributed by atoms with Crippen LogP contribution < -0.4 is 24.3 Å². The van der Waals surface area contributed by atoms with Crippen LogP contribution in [0.3, 0.4) is 0 Å². The van der Waals surface area contributed by atoms with Gasteiger partial charge in [0.05, 0.1) is 20.8 Å². The van der Waals surface area contributed by atoms with Crippen molar-refractivity contribution in [1.29, 1.82) is 0 Å². The maximum absolute atomic E-state index is 12.1. The molecule has 2 aromatic rings. The van der Waals surface area contributed by atoms with Gasteiger partial charge in [0, 0.05) is 6.08 Å². The van der Waals surface area contributed by atoms with Gasteiger partial charge in [0.1, 0.15) is 12.7 Å². The van der Waals surface area contributed by atoms with E-state index in [0.717, 1.165) is 5.56 Å². The average molecular weight is 413 g/mol. The number of carbonyl (C=O) groups excluding carboxylic acids is 2. The topological polar surface area (TPSA) is 92.3 Å². The molecule has 158 valence electrons. The van der Waals surface area contributed by atoms with Gasteiger partial charge < -0.3 is 29.0 Å². The van der Waals surface area contributed by atoms with E-state index in [1.165, 1.54) is 20.3 Å². The predicted octanol–water partition coefficient (Wildman–Crippen LogP) is 2.22. The fraction of sp³-hybridized carbons (Fsp3) is 0.273. The SMILES string of the molecule is COC(=O)C=Cc1ccc(OCC(=O)NCC2COc3ccccc3O2)c(OC)c1. The number of hydrogen-bond acceptors (Lipinski definition) is 7. The Kier molecular flexibility index (Phi) is 7.15. The smallest absolute Gasteiger partial charge is 0.330 e. The fourth-order valence-corrected chi connectivity index (χ4v) is 2.73. The number of nitrogens with one attached hydrogen (secondary N) is 1. The van der Waals surface area contributed by atoms with Crippen molar-refractivity contribution in [3.05, 3.63) is 54.1 Å². The second-order valence-corrected chi connectivity index (χ2v) is 6.36. The van der Waals surface area contributed by atoms with Gasteiger partial charge in [-0.2, -0.15) is 0 Å². The van der Waals surface area contributed by atoms with E-state index < -0.39 is 5.97 Å². The third kappa shape index (κ3) is 5.66. The molecule has 8 heteroatoms. The van der Waals surface area contributed by atoms with Gasteiger partial charge in [-0.1, -0.05) is 18.2 Å². The van der Waals surface area contributed by atoms with Gasteiger partial charge in [-0.15, -0.1) is 0 Å². The Morgan fingerprint density at radius 3 is 2.70 bits per heavy atom. The molecule has 0 bridgehead atoms. The standard InChI is InChI=1S/C22H23NO7/c1-26-20-11-15(8-10-22(25)27-2)7-9-18(20)29-14-21(24)23-12-16-13-28-17-5-3-4-6-19(17)30-16/h3-11,16H,12-14H2,1-2H3,(H,23,24). The van der Waals surface area contributed by atoms with Crippen LogP contribution in [-0.4, -0.2) is 52.0 Å². The van der Waals surface area contributed by atoms with Crippen molar-refractivity contribution < 1.29 is 33.3 Å². The molecule has 0 aliphatic carbocycles. The van der Waals surface area contributed by atoms with Crippen LogP contribution in [0.2, 0.25) is 0 Å². The van der Waals surface area contributed by atoms with Crippen LogP contribution in [0.25, 0.3) is 6.08 Å². The zero-order chi connectivity index (χ0) is 21.3. The van der Waals surface area contributed by atoms with Crippen molar-refractivity contribution in [2.45, 2.75) is 6.10 Å². The summed E-state index contributed by atoms with van der Waals surface area (Å²) in [6.45, 7) is 0.468. The number of benzene rings is 2. The first-order chi connectivity index (χ1) is 14.6. The van der Waals surface area contributed by atoms with Crippen molar-refractivity contribution in [3.63, 3.8) is 0 Å². The van der Waals surface area contributed by atoms with Gasteiger partial charge in [-0.05, 0) is 35.9 Å². The van der Waals surface area contributed by atoms with E-state index in [4.69, 9.17) is 18.9 Å². The number of ether oxygens (including phenoxy) is 5. The quantitative estimate of drug-likeness (QED) is 0.524. The van der Waals surface area contributed by atoms with Gasteiger partial charge in [0.25, 0.3) is 5.91 Å². The van der Waals surface area contributed by atoms with E-state index in [9.17, 15) is 9.59 Å². The number of fused-ring (bicyclic) bond motifs is 1. The Morgan fingerprint density at radius 2 is 1.93 bits per heavy atom. The molecule has 0 aromatic heterocycles. The van der Waals surface area contributed by atoms with Crippen molar-refractivity contribution in [2.75, 3.05) is 34.0 Å². The first-order valence-electron chi connectivity index (χ1n) is 9.31. The number of para-hydroxylation sites is 2. The Hall–Kier alpha value is -3.68. The molecule has 0 saturated carbocycles. The highest BCUT2D eigenvalue weighted by Crippen LogP contribution is 2.31. The molecule has 1 aliphatic rings. The molecule has 0 spiro atoms. The highest BCUT2D eigenvalue weighted by molar-refractivity contribution is 5.87. The Morgan fingerprint density at radius 1 is 1.13 bits per heavy atom. The lowest BCUT2D eigenvalue weighted by molar-refractivity contribution is -0.134. The van der Waals surface area contributed by atoms with Crippen molar-refractivity contribution in [1.82, 2.24) is 5.32 Å². The largest absolute Gasteiger partial charge is 0.493 e. The lowest BCUT2D eigenvalue weighted by Gasteiger charge is -2.26. The van der Waals surface area contributed by atoms with Crippen LogP contribution >= 0.6 is 0 Å². The predicted molar refractivity (Wildman–Crippen MR) is 109 cm³/mol. The van der Waals surface area contributed by atoms with Crippen LogP contribution in [-0.2, 0) is 14.3 Å². The lowest BCUT2D eigenvalue weighted by Crippen LogP contribution is -2.42. The van der Waals surface area contributed by atoms with Crippen molar-refractivity contribution in [2.24, 2.45) is 0 Å². The zero-order valence-corrected chi connectivity index (χ0v) is 16.8. The molecule has 1 N–H and O–H groups in total. The molecule has 1 amide bonds. The lowest BCUT2D eigenvalue weighted by atomic mass is 10.2. The third-order valence-electron chi connectivity index (χ3n) is 4.25. The molecule has 1 aliphatic heterocycles. The number of hydrogen-bond donors (Lipinski definition) is 1. The summed E-state index contributed by atoms with van der Waals surface area (Å²) in [5.41, 5.74) is 0.726. The van der Waals surface area contributed by atoms with E-state index in [1.54, 1.807) is 24.3 Å². The van der Waals surface area contributed by atoms with Crippen molar-refractivity contribution in [3.8, 4) is 23.0 Å². The summed E-state index contributed by atoms with van der Waals surface area (Å²) >= 11 is 0. The van der Waals surface area contributed by atoms with Crippen LogP contribution in [0.15, 0.2) is 48.5 Å². The molecule has 1 heterocycles. The van der Waals surface area contributed by atoms with E-state index in [-0.39, 0.29) is 18.6 Å². The van der Waals surface area contributed by atoms with Crippen LogP contribution in [0.1, 0.15) is 5.56 Å². The fourth-order valence-electron chi connectivity index (χ4n) is 2.73. The number of methoxy groups -OCH3 is 2. The highest BCUT2D eigenvalue weighted by Gasteiger charge is 2.21. The maximum atomic E-state index is 12.1. The Balaban J connectivity index is 1.48. The van der Waals surface area contributed by atoms with Gasteiger partial charge in [0.15, 0.2) is 29.6 Å². The van der Waals surface area contributed by atoms with E-state index >= 15 is 0 Å². The Labute approximate surface area is 174 Å². The minimum Gasteiger partial charge on any atom is -0.493 e. The van der Waals surface area contributed by atoms with Gasteiger partial charge in [-0.3, -0.25) is 4.79 Å². The minimum atomic E-state index is -0.457. The molecule has 0 fully saturated rings. The van der Waals surface area contributed by atoms with Gasteiger partial charge in [0.2, 0.25) is 0 Å². The molecule has 0 saturated heterocycles. The third-order valence-corrected chi connectivity index (χ3v) is 4.25. The van der Waals surface area contributed by atoms with Crippen molar-refractivity contribution >= 4 is 18.0 Å². The summed E-state index contributed by atoms with van der Waals surface area (Å²) in [6.07, 6.45) is 2.62. The number of rotatable bonds is 8. The maximum Gasteiger partial charge on any atom is 0.330 e. The van der Waals surface area contributed by atoms with Gasteiger partial charge >= 0.3 is 5.97 Å². The van der Waals surface area contributed by atoms with Crippen LogP contribution in [0.4, 0.5) is 0 Å². The number of esters is 1. The van der Waals surface area contributed by atoms with Crippen LogP contribution in [0.5, 0.6) is 23.0 Å². The molecule has 8 nitrogen and oxygen atoms in total. The molecule has 2 aromatic carbocycles.